The lowest BCUT2D eigenvalue weighted by molar-refractivity contribution is -0.269. The second-order valence-electron chi connectivity index (χ2n) is 8.51. The average Bonchev–Trinajstić information content (AvgIpc) is 2.96. The summed E-state index contributed by atoms with van der Waals surface area (Å²) in [5.41, 5.74) is -1.67. The molecule has 2 heterocycles. The maximum absolute atomic E-state index is 14.0. The van der Waals surface area contributed by atoms with Crippen LogP contribution in [-0.4, -0.2) is 40.2 Å². The molecule has 0 aromatic heterocycles. The lowest BCUT2D eigenvalue weighted by atomic mass is 9.72. The third kappa shape index (κ3) is 4.38. The van der Waals surface area contributed by atoms with Gasteiger partial charge in [0.2, 0.25) is 0 Å². The zero-order chi connectivity index (χ0) is 21.6. The van der Waals surface area contributed by atoms with Crippen LogP contribution < -0.4 is 5.84 Å². The molecular formula is C21H25F4N3O. The van der Waals surface area contributed by atoms with E-state index in [2.05, 4.69) is 4.99 Å². The number of nitrogens with zero attached hydrogens (tertiary/aromatic N) is 2. The molecule has 2 aliphatic heterocycles. The van der Waals surface area contributed by atoms with E-state index < -0.39 is 41.9 Å². The number of alkyl halides is 3. The molecule has 0 spiro atoms. The largest absolute Gasteiger partial charge is 0.417 e. The van der Waals surface area contributed by atoms with Crippen molar-refractivity contribution in [2.45, 2.75) is 56.8 Å². The molecule has 0 radical (unpaired) electrons. The number of rotatable bonds is 5. The van der Waals surface area contributed by atoms with Gasteiger partial charge in [-0.3, -0.25) is 4.99 Å². The topological polar surface area (TPSA) is 61.8 Å². The number of halogens is 4. The van der Waals surface area contributed by atoms with Crippen LogP contribution in [0.25, 0.3) is 0 Å². The molecule has 0 bridgehead atoms. The first-order chi connectivity index (χ1) is 13.3. The van der Waals surface area contributed by atoms with Crippen LogP contribution in [0.3, 0.4) is 0 Å². The Labute approximate surface area is 167 Å². The number of allylic oxidation sites excluding steroid dienone is 1. The van der Waals surface area contributed by atoms with Gasteiger partial charge in [0.15, 0.2) is 5.60 Å². The molecule has 0 aliphatic carbocycles. The molecule has 0 fully saturated rings. The van der Waals surface area contributed by atoms with Crippen molar-refractivity contribution < 1.29 is 22.7 Å². The molecule has 29 heavy (non-hydrogen) atoms. The van der Waals surface area contributed by atoms with Crippen molar-refractivity contribution >= 4 is 5.71 Å². The molecule has 8 heteroatoms. The zero-order valence-electron chi connectivity index (χ0n) is 16.6. The quantitative estimate of drug-likeness (QED) is 0.570. The maximum Gasteiger partial charge on any atom is 0.417 e. The highest BCUT2D eigenvalue weighted by atomic mass is 19.4. The molecule has 0 saturated carbocycles. The van der Waals surface area contributed by atoms with E-state index >= 15 is 0 Å². The number of benzene rings is 1. The first-order valence-electron chi connectivity index (χ1n) is 9.35. The summed E-state index contributed by atoms with van der Waals surface area (Å²) in [5, 5.41) is 12.2. The Bertz CT molecular complexity index is 888. The van der Waals surface area contributed by atoms with E-state index in [1.807, 2.05) is 0 Å². The number of hydrazine groups is 1. The number of fused-ring (bicyclic) bond motifs is 1. The summed E-state index contributed by atoms with van der Waals surface area (Å²) in [7, 11) is 0. The van der Waals surface area contributed by atoms with Gasteiger partial charge in [-0.15, -0.1) is 0 Å². The molecular weight excluding hydrogens is 386 g/mol. The summed E-state index contributed by atoms with van der Waals surface area (Å²) in [6, 6.07) is 3.22. The van der Waals surface area contributed by atoms with Gasteiger partial charge in [0, 0.05) is 12.6 Å². The Morgan fingerprint density at radius 1 is 1.28 bits per heavy atom. The normalized spacial score (nSPS) is 21.6. The molecule has 3 N–H and O–H groups in total. The minimum absolute atomic E-state index is 0.303. The fraction of sp³-hybridized carbons (Fsp3) is 0.476. The molecule has 0 saturated heterocycles. The molecule has 158 valence electrons. The first kappa shape index (κ1) is 21.5. The second kappa shape index (κ2) is 7.25. The predicted molar refractivity (Wildman–Crippen MR) is 104 cm³/mol. The van der Waals surface area contributed by atoms with E-state index in [-0.39, 0.29) is 0 Å². The summed E-state index contributed by atoms with van der Waals surface area (Å²) in [5.74, 6) is 5.16. The van der Waals surface area contributed by atoms with Crippen LogP contribution in [0.1, 0.15) is 37.8 Å². The highest BCUT2D eigenvalue weighted by Gasteiger charge is 2.56. The summed E-state index contributed by atoms with van der Waals surface area (Å²) in [4.78, 5) is 4.32. The minimum atomic E-state index is -4.87. The van der Waals surface area contributed by atoms with E-state index in [1.54, 1.807) is 39.1 Å². The van der Waals surface area contributed by atoms with E-state index in [0.717, 1.165) is 5.57 Å². The lowest BCUT2D eigenvalue weighted by Gasteiger charge is -2.39. The van der Waals surface area contributed by atoms with E-state index in [0.29, 0.717) is 23.4 Å². The van der Waals surface area contributed by atoms with Gasteiger partial charge in [-0.05, 0) is 53.7 Å². The predicted octanol–water partition coefficient (Wildman–Crippen LogP) is 3.94. The van der Waals surface area contributed by atoms with Gasteiger partial charge in [0.25, 0.3) is 0 Å². The summed E-state index contributed by atoms with van der Waals surface area (Å²) in [6.45, 7) is 5.18. The Hall–Kier alpha value is -2.19. The third-order valence-corrected chi connectivity index (χ3v) is 5.54. The van der Waals surface area contributed by atoms with Gasteiger partial charge in [0.05, 0.1) is 18.3 Å². The molecule has 0 amide bonds. The molecule has 2 unspecified atom stereocenters. The van der Waals surface area contributed by atoms with Crippen molar-refractivity contribution in [1.82, 2.24) is 5.01 Å². The summed E-state index contributed by atoms with van der Waals surface area (Å²) in [6.07, 6.45) is -1.16. The van der Waals surface area contributed by atoms with Crippen molar-refractivity contribution in [3.05, 3.63) is 59.1 Å². The van der Waals surface area contributed by atoms with Crippen LogP contribution in [0, 0.1) is 12.7 Å². The van der Waals surface area contributed by atoms with Gasteiger partial charge in [-0.1, -0.05) is 26.0 Å². The number of hydrogen-bond donors (Lipinski definition) is 2. The Balaban J connectivity index is 1.89. The van der Waals surface area contributed by atoms with Gasteiger partial charge in [-0.2, -0.15) is 13.2 Å². The van der Waals surface area contributed by atoms with Crippen LogP contribution in [-0.2, 0) is 5.41 Å². The number of aliphatic imine (C=N–C) groups is 1. The number of nitrogens with two attached hydrogens (primary N) is 1. The molecule has 2 atom stereocenters. The van der Waals surface area contributed by atoms with Crippen molar-refractivity contribution in [2.75, 3.05) is 6.54 Å². The smallest absolute Gasteiger partial charge is 0.380 e. The van der Waals surface area contributed by atoms with Gasteiger partial charge in [-0.25, -0.2) is 10.2 Å². The van der Waals surface area contributed by atoms with Gasteiger partial charge >= 0.3 is 6.18 Å². The number of aryl methyl sites for hydroxylation is 1. The second-order valence-corrected chi connectivity index (χ2v) is 8.51. The SMILES string of the molecule is Cc1ccc(F)cc1C(C)(C)CC(O)(CC1C=C2C=CN(N)CC2=N1)C(F)(F)F. The monoisotopic (exact) mass is 411 g/mol. The number of aliphatic hydroxyl groups is 1. The molecule has 4 nitrogen and oxygen atoms in total. The molecule has 1 aromatic rings. The van der Waals surface area contributed by atoms with Gasteiger partial charge < -0.3 is 10.1 Å². The maximum atomic E-state index is 14.0. The van der Waals surface area contributed by atoms with Crippen molar-refractivity contribution in [3.8, 4) is 0 Å². The highest BCUT2D eigenvalue weighted by Crippen LogP contribution is 2.45. The standard InChI is InChI=1S/C21H25F4N3O/c1-13-4-5-15(22)9-17(13)19(2,3)12-20(29,21(23,24)25)10-16-8-14-6-7-28(26)11-18(14)27-16/h4-9,16,29H,10-12,26H2,1-3H3. The first-order valence-corrected chi connectivity index (χ1v) is 9.35. The lowest BCUT2D eigenvalue weighted by Crippen LogP contribution is -2.50. The molecule has 1 aromatic carbocycles. The number of hydrogen-bond acceptors (Lipinski definition) is 4. The van der Waals surface area contributed by atoms with Crippen molar-refractivity contribution in [2.24, 2.45) is 10.8 Å². The summed E-state index contributed by atoms with van der Waals surface area (Å²) >= 11 is 0. The van der Waals surface area contributed by atoms with E-state index in [9.17, 15) is 22.7 Å². The fourth-order valence-corrected chi connectivity index (χ4v) is 4.19. The van der Waals surface area contributed by atoms with Gasteiger partial charge in [0.1, 0.15) is 5.82 Å². The van der Waals surface area contributed by atoms with Crippen molar-refractivity contribution in [1.29, 1.82) is 0 Å². The highest BCUT2D eigenvalue weighted by molar-refractivity contribution is 6.06. The fourth-order valence-electron chi connectivity index (χ4n) is 4.19. The third-order valence-electron chi connectivity index (χ3n) is 5.54. The Kier molecular flexibility index (Phi) is 5.38. The Morgan fingerprint density at radius 2 is 1.97 bits per heavy atom. The van der Waals surface area contributed by atoms with Crippen molar-refractivity contribution in [3.63, 3.8) is 0 Å². The zero-order valence-corrected chi connectivity index (χ0v) is 16.6. The van der Waals surface area contributed by atoms with Crippen LogP contribution in [0.2, 0.25) is 0 Å². The minimum Gasteiger partial charge on any atom is -0.380 e. The Morgan fingerprint density at radius 3 is 2.62 bits per heavy atom. The average molecular weight is 411 g/mol. The van der Waals surface area contributed by atoms with Crippen LogP contribution in [0.5, 0.6) is 0 Å². The van der Waals surface area contributed by atoms with Crippen LogP contribution in [0.15, 0.2) is 47.1 Å². The molecule has 3 rings (SSSR count). The van der Waals surface area contributed by atoms with Crippen LogP contribution >= 0.6 is 0 Å². The molecule has 2 aliphatic rings. The van der Waals surface area contributed by atoms with Crippen LogP contribution in [0.4, 0.5) is 17.6 Å². The summed E-state index contributed by atoms with van der Waals surface area (Å²) < 4.78 is 55.7. The van der Waals surface area contributed by atoms with E-state index in [4.69, 9.17) is 5.84 Å². The van der Waals surface area contributed by atoms with E-state index in [1.165, 1.54) is 23.2 Å².